The fourth-order valence-corrected chi connectivity index (χ4v) is 5.70. The molecule has 0 unspecified atom stereocenters. The molecule has 2 aliphatic rings. The van der Waals surface area contributed by atoms with Crippen LogP contribution in [0.2, 0.25) is 0 Å². The lowest BCUT2D eigenvalue weighted by molar-refractivity contribution is -0.00564. The SMILES string of the molecule is Nc1cc(CC[C@H]2CN(S(=O)(=O)C3CCCCC3)CCO2)ccn1. The number of nitrogen functional groups attached to an aromatic ring is 1. The Labute approximate surface area is 144 Å². The summed E-state index contributed by atoms with van der Waals surface area (Å²) in [5.41, 5.74) is 6.81. The number of morpholine rings is 1. The van der Waals surface area contributed by atoms with Gasteiger partial charge in [-0.05, 0) is 43.4 Å². The highest BCUT2D eigenvalue weighted by atomic mass is 32.2. The van der Waals surface area contributed by atoms with E-state index in [-0.39, 0.29) is 11.4 Å². The van der Waals surface area contributed by atoms with E-state index >= 15 is 0 Å². The van der Waals surface area contributed by atoms with E-state index in [9.17, 15) is 8.42 Å². The maximum absolute atomic E-state index is 12.9. The molecule has 0 spiro atoms. The van der Waals surface area contributed by atoms with Gasteiger partial charge in [0.15, 0.2) is 0 Å². The van der Waals surface area contributed by atoms with Crippen molar-refractivity contribution in [1.82, 2.24) is 9.29 Å². The van der Waals surface area contributed by atoms with Crippen molar-refractivity contribution < 1.29 is 13.2 Å². The summed E-state index contributed by atoms with van der Waals surface area (Å²) in [5, 5.41) is -0.190. The maximum atomic E-state index is 12.9. The normalized spacial score (nSPS) is 24.1. The molecule has 134 valence electrons. The molecule has 1 saturated heterocycles. The summed E-state index contributed by atoms with van der Waals surface area (Å²) in [5.74, 6) is 0.513. The lowest BCUT2D eigenvalue weighted by Crippen LogP contribution is -2.49. The highest BCUT2D eigenvalue weighted by Gasteiger charge is 2.36. The van der Waals surface area contributed by atoms with Crippen LogP contribution in [0.4, 0.5) is 5.82 Å². The third-order valence-corrected chi connectivity index (χ3v) is 7.40. The second-order valence-electron chi connectivity index (χ2n) is 6.78. The van der Waals surface area contributed by atoms with Gasteiger partial charge in [0.2, 0.25) is 10.0 Å². The number of pyridine rings is 1. The molecule has 6 nitrogen and oxygen atoms in total. The summed E-state index contributed by atoms with van der Waals surface area (Å²) in [6, 6.07) is 3.80. The number of hydrogen-bond acceptors (Lipinski definition) is 5. The molecule has 24 heavy (non-hydrogen) atoms. The van der Waals surface area contributed by atoms with E-state index in [1.165, 1.54) is 0 Å². The van der Waals surface area contributed by atoms with Gasteiger partial charge in [0.05, 0.1) is 18.0 Å². The van der Waals surface area contributed by atoms with Crippen LogP contribution in [0.5, 0.6) is 0 Å². The van der Waals surface area contributed by atoms with Crippen LogP contribution in [0, 0.1) is 0 Å². The molecule has 1 aliphatic carbocycles. The molecular formula is C17H27N3O3S. The fourth-order valence-electron chi connectivity index (χ4n) is 3.65. The van der Waals surface area contributed by atoms with E-state index in [4.69, 9.17) is 10.5 Å². The zero-order valence-electron chi connectivity index (χ0n) is 14.1. The molecule has 0 aromatic carbocycles. The van der Waals surface area contributed by atoms with E-state index < -0.39 is 10.0 Å². The Bertz CT molecular complexity index is 644. The van der Waals surface area contributed by atoms with Gasteiger partial charge in [-0.3, -0.25) is 0 Å². The minimum absolute atomic E-state index is 0.0495. The lowest BCUT2D eigenvalue weighted by Gasteiger charge is -2.35. The minimum Gasteiger partial charge on any atom is -0.384 e. The quantitative estimate of drug-likeness (QED) is 0.874. The number of aromatic nitrogens is 1. The van der Waals surface area contributed by atoms with Crippen LogP contribution in [0.3, 0.4) is 0 Å². The molecule has 2 heterocycles. The highest BCUT2D eigenvalue weighted by molar-refractivity contribution is 7.89. The van der Waals surface area contributed by atoms with Crippen LogP contribution in [-0.2, 0) is 21.2 Å². The van der Waals surface area contributed by atoms with Gasteiger partial charge >= 0.3 is 0 Å². The maximum Gasteiger partial charge on any atom is 0.217 e. The summed E-state index contributed by atoms with van der Waals surface area (Å²) in [6.07, 6.45) is 8.09. The Balaban J connectivity index is 1.57. The third-order valence-electron chi connectivity index (χ3n) is 5.04. The van der Waals surface area contributed by atoms with E-state index in [1.807, 2.05) is 12.1 Å². The minimum atomic E-state index is -3.18. The standard InChI is InChI=1S/C17H27N3O3S/c18-17-12-14(8-9-19-17)6-7-15-13-20(10-11-23-15)24(21,22)16-4-2-1-3-5-16/h8-9,12,15-16H,1-7,10-11,13H2,(H2,18,19)/t15-/m0/s1. The number of rotatable bonds is 5. The Morgan fingerprint density at radius 1 is 1.29 bits per heavy atom. The molecule has 2 N–H and O–H groups in total. The number of aryl methyl sites for hydroxylation is 1. The number of sulfonamides is 1. The molecule has 1 aliphatic heterocycles. The second kappa shape index (κ2) is 7.80. The van der Waals surface area contributed by atoms with Gasteiger partial charge in [-0.2, -0.15) is 4.31 Å². The van der Waals surface area contributed by atoms with Gasteiger partial charge in [0.1, 0.15) is 5.82 Å². The Morgan fingerprint density at radius 2 is 2.08 bits per heavy atom. The average Bonchev–Trinajstić information content (AvgIpc) is 2.61. The molecule has 0 bridgehead atoms. The van der Waals surface area contributed by atoms with Crippen molar-refractivity contribution in [1.29, 1.82) is 0 Å². The molecular weight excluding hydrogens is 326 g/mol. The lowest BCUT2D eigenvalue weighted by atomic mass is 10.0. The first-order valence-corrected chi connectivity index (χ1v) is 10.4. The van der Waals surface area contributed by atoms with E-state index in [1.54, 1.807) is 10.5 Å². The van der Waals surface area contributed by atoms with E-state index in [0.717, 1.165) is 50.5 Å². The first kappa shape index (κ1) is 17.6. The van der Waals surface area contributed by atoms with Crippen molar-refractivity contribution in [2.75, 3.05) is 25.4 Å². The summed E-state index contributed by atoms with van der Waals surface area (Å²) >= 11 is 0. The third kappa shape index (κ3) is 4.26. The molecule has 1 atom stereocenters. The number of nitrogens with zero attached hydrogens (tertiary/aromatic N) is 2. The van der Waals surface area contributed by atoms with Gasteiger partial charge in [0.25, 0.3) is 0 Å². The van der Waals surface area contributed by atoms with Gasteiger partial charge in [0, 0.05) is 19.3 Å². The predicted molar refractivity (Wildman–Crippen MR) is 94.1 cm³/mol. The molecule has 0 amide bonds. The van der Waals surface area contributed by atoms with Gasteiger partial charge in [-0.15, -0.1) is 0 Å². The molecule has 1 aromatic heterocycles. The molecule has 2 fully saturated rings. The number of ether oxygens (including phenoxy) is 1. The first-order valence-electron chi connectivity index (χ1n) is 8.86. The monoisotopic (exact) mass is 353 g/mol. The van der Waals surface area contributed by atoms with Crippen molar-refractivity contribution in [2.45, 2.75) is 56.3 Å². The molecule has 7 heteroatoms. The zero-order chi connectivity index (χ0) is 17.0. The van der Waals surface area contributed by atoms with Crippen molar-refractivity contribution in [3.05, 3.63) is 23.9 Å². The van der Waals surface area contributed by atoms with Gasteiger partial charge in [-0.1, -0.05) is 19.3 Å². The van der Waals surface area contributed by atoms with Crippen LogP contribution < -0.4 is 5.73 Å². The van der Waals surface area contributed by atoms with Gasteiger partial charge < -0.3 is 10.5 Å². The number of anilines is 1. The smallest absolute Gasteiger partial charge is 0.217 e. The first-order chi connectivity index (χ1) is 11.6. The van der Waals surface area contributed by atoms with Crippen LogP contribution in [-0.4, -0.2) is 48.8 Å². The largest absolute Gasteiger partial charge is 0.384 e. The van der Waals surface area contributed by atoms with Crippen molar-refractivity contribution in [2.24, 2.45) is 0 Å². The summed E-state index contributed by atoms with van der Waals surface area (Å²) in [6.45, 7) is 1.44. The molecule has 1 saturated carbocycles. The van der Waals surface area contributed by atoms with Crippen LogP contribution in [0.1, 0.15) is 44.1 Å². The summed E-state index contributed by atoms with van der Waals surface area (Å²) < 4.78 is 33.2. The Morgan fingerprint density at radius 3 is 2.83 bits per heavy atom. The van der Waals surface area contributed by atoms with Crippen LogP contribution in [0.25, 0.3) is 0 Å². The summed E-state index contributed by atoms with van der Waals surface area (Å²) in [4.78, 5) is 3.99. The molecule has 1 aromatic rings. The number of nitrogens with two attached hydrogens (primary N) is 1. The fraction of sp³-hybridized carbons (Fsp3) is 0.706. The van der Waals surface area contributed by atoms with E-state index in [2.05, 4.69) is 4.98 Å². The molecule has 3 rings (SSSR count). The van der Waals surface area contributed by atoms with Crippen molar-refractivity contribution >= 4 is 15.8 Å². The summed E-state index contributed by atoms with van der Waals surface area (Å²) in [7, 11) is -3.18. The highest BCUT2D eigenvalue weighted by Crippen LogP contribution is 2.27. The van der Waals surface area contributed by atoms with E-state index in [0.29, 0.717) is 25.5 Å². The van der Waals surface area contributed by atoms with Crippen LogP contribution >= 0.6 is 0 Å². The van der Waals surface area contributed by atoms with Crippen molar-refractivity contribution in [3.63, 3.8) is 0 Å². The Hall–Kier alpha value is -1.18. The van der Waals surface area contributed by atoms with Gasteiger partial charge in [-0.25, -0.2) is 13.4 Å². The average molecular weight is 353 g/mol. The predicted octanol–water partition coefficient (Wildman–Crippen LogP) is 1.96. The second-order valence-corrected chi connectivity index (χ2v) is 9.00. The van der Waals surface area contributed by atoms with Crippen LogP contribution in [0.15, 0.2) is 18.3 Å². The Kier molecular flexibility index (Phi) is 5.73. The topological polar surface area (TPSA) is 85.5 Å². The molecule has 0 radical (unpaired) electrons. The zero-order valence-corrected chi connectivity index (χ0v) is 14.9. The van der Waals surface area contributed by atoms with Crippen molar-refractivity contribution in [3.8, 4) is 0 Å². The number of hydrogen-bond donors (Lipinski definition) is 1.